The zero-order valence-corrected chi connectivity index (χ0v) is 20.8. The Hall–Kier alpha value is -3.02. The van der Waals surface area contributed by atoms with Crippen molar-refractivity contribution in [3.05, 3.63) is 63.1 Å². The van der Waals surface area contributed by atoms with Crippen molar-refractivity contribution in [2.24, 2.45) is 0 Å². The summed E-state index contributed by atoms with van der Waals surface area (Å²) in [7, 11) is 0. The Bertz CT molecular complexity index is 1380. The summed E-state index contributed by atoms with van der Waals surface area (Å²) in [6.45, 7) is 7.92. The summed E-state index contributed by atoms with van der Waals surface area (Å²) < 4.78 is 3.62. The molecule has 0 aliphatic heterocycles. The molecule has 1 aliphatic rings. The van der Waals surface area contributed by atoms with E-state index in [0.29, 0.717) is 32.5 Å². The lowest BCUT2D eigenvalue weighted by Gasteiger charge is -2.19. The van der Waals surface area contributed by atoms with Crippen LogP contribution in [-0.2, 0) is 11.3 Å². The topological polar surface area (TPSA) is 92.7 Å². The monoisotopic (exact) mass is 495 g/mol. The normalized spacial score (nSPS) is 13.8. The molecule has 0 spiro atoms. The molecule has 34 heavy (non-hydrogen) atoms. The van der Waals surface area contributed by atoms with Crippen LogP contribution in [0.2, 0.25) is 5.02 Å². The highest BCUT2D eigenvalue weighted by Crippen LogP contribution is 2.37. The summed E-state index contributed by atoms with van der Waals surface area (Å²) >= 11 is 7.26. The average Bonchev–Trinajstić information content (AvgIpc) is 3.41. The molecule has 1 aromatic carbocycles. The van der Waals surface area contributed by atoms with Gasteiger partial charge in [-0.05, 0) is 50.5 Å². The van der Waals surface area contributed by atoms with E-state index in [1.165, 1.54) is 16.3 Å². The van der Waals surface area contributed by atoms with Crippen molar-refractivity contribution in [2.75, 3.05) is 11.1 Å². The van der Waals surface area contributed by atoms with Gasteiger partial charge in [0.15, 0.2) is 5.16 Å². The van der Waals surface area contributed by atoms with E-state index in [4.69, 9.17) is 11.6 Å². The number of thioether (sulfide) groups is 1. The highest BCUT2D eigenvalue weighted by atomic mass is 35.5. The number of allylic oxidation sites excluding steroid dienone is 1. The van der Waals surface area contributed by atoms with Crippen molar-refractivity contribution in [3.8, 4) is 6.07 Å². The minimum atomic E-state index is -0.260. The summed E-state index contributed by atoms with van der Waals surface area (Å²) in [5.41, 5.74) is 2.68. The van der Waals surface area contributed by atoms with Gasteiger partial charge in [0.2, 0.25) is 5.91 Å². The van der Waals surface area contributed by atoms with E-state index >= 15 is 0 Å². The number of nitriles is 1. The SMILES string of the molecule is C=CCn1c(SCC(=O)Nc2c(C#N)c(C)c(C)n2C2CCCC2)nc2cc(Cl)ccc2c1=O. The van der Waals surface area contributed by atoms with Gasteiger partial charge in [0.1, 0.15) is 11.9 Å². The maximum absolute atomic E-state index is 13.0. The second-order valence-electron chi connectivity index (χ2n) is 8.45. The summed E-state index contributed by atoms with van der Waals surface area (Å²) in [4.78, 5) is 30.6. The number of aromatic nitrogens is 3. The fraction of sp³-hybridized carbons (Fsp3) is 0.360. The van der Waals surface area contributed by atoms with E-state index < -0.39 is 0 Å². The van der Waals surface area contributed by atoms with Gasteiger partial charge in [0, 0.05) is 23.3 Å². The molecule has 0 atom stereocenters. The smallest absolute Gasteiger partial charge is 0.262 e. The van der Waals surface area contributed by atoms with Crippen LogP contribution in [0.1, 0.15) is 48.5 Å². The van der Waals surface area contributed by atoms with Crippen LogP contribution in [0.15, 0.2) is 40.8 Å². The molecule has 9 heteroatoms. The minimum Gasteiger partial charge on any atom is -0.327 e. The molecule has 0 unspecified atom stereocenters. The van der Waals surface area contributed by atoms with Gasteiger partial charge in [-0.15, -0.1) is 6.58 Å². The fourth-order valence-electron chi connectivity index (χ4n) is 4.58. The second-order valence-corrected chi connectivity index (χ2v) is 9.83. The van der Waals surface area contributed by atoms with Crippen LogP contribution in [0, 0.1) is 25.2 Å². The van der Waals surface area contributed by atoms with E-state index in [2.05, 4.69) is 27.5 Å². The number of amides is 1. The average molecular weight is 496 g/mol. The maximum Gasteiger partial charge on any atom is 0.262 e. The zero-order chi connectivity index (χ0) is 24.4. The van der Waals surface area contributed by atoms with Gasteiger partial charge < -0.3 is 9.88 Å². The molecule has 2 aromatic heterocycles. The third-order valence-corrected chi connectivity index (χ3v) is 7.55. The first-order chi connectivity index (χ1) is 16.3. The molecule has 0 bridgehead atoms. The van der Waals surface area contributed by atoms with Crippen LogP contribution in [0.3, 0.4) is 0 Å². The van der Waals surface area contributed by atoms with Crippen LogP contribution in [-0.4, -0.2) is 25.8 Å². The van der Waals surface area contributed by atoms with Gasteiger partial charge in [-0.2, -0.15) is 5.26 Å². The number of carbonyl (C=O) groups is 1. The van der Waals surface area contributed by atoms with Crippen molar-refractivity contribution in [2.45, 2.75) is 57.3 Å². The van der Waals surface area contributed by atoms with Crippen LogP contribution >= 0.6 is 23.4 Å². The third-order valence-electron chi connectivity index (χ3n) is 6.34. The fourth-order valence-corrected chi connectivity index (χ4v) is 5.55. The first kappa shape index (κ1) is 24.1. The lowest BCUT2D eigenvalue weighted by atomic mass is 10.2. The molecule has 7 nitrogen and oxygen atoms in total. The van der Waals surface area contributed by atoms with E-state index in [0.717, 1.165) is 36.9 Å². The van der Waals surface area contributed by atoms with Crippen LogP contribution in [0.5, 0.6) is 0 Å². The van der Waals surface area contributed by atoms with E-state index in [-0.39, 0.29) is 29.8 Å². The number of carbonyl (C=O) groups excluding carboxylic acids is 1. The van der Waals surface area contributed by atoms with Gasteiger partial charge in [0.05, 0.1) is 22.2 Å². The number of fused-ring (bicyclic) bond motifs is 1. The Morgan fingerprint density at radius 2 is 2.12 bits per heavy atom. The quantitative estimate of drug-likeness (QED) is 0.270. The molecule has 2 heterocycles. The number of hydrogen-bond donors (Lipinski definition) is 1. The van der Waals surface area contributed by atoms with E-state index in [1.807, 2.05) is 13.8 Å². The Labute approximate surface area is 207 Å². The van der Waals surface area contributed by atoms with Crippen LogP contribution in [0.25, 0.3) is 10.9 Å². The molecule has 0 radical (unpaired) electrons. The van der Waals surface area contributed by atoms with Gasteiger partial charge in [-0.3, -0.25) is 14.2 Å². The highest BCUT2D eigenvalue weighted by Gasteiger charge is 2.26. The number of nitrogens with one attached hydrogen (secondary N) is 1. The molecular formula is C25H26ClN5O2S. The van der Waals surface area contributed by atoms with E-state index in [9.17, 15) is 14.9 Å². The number of halogens is 1. The standard InChI is InChI=1S/C25H26ClN5O2S/c1-4-11-30-24(33)19-10-9-17(26)12-21(19)28-25(30)34-14-22(32)29-23-20(13-27)15(2)16(3)31(23)18-7-5-6-8-18/h4,9-10,12,18H,1,5-8,11,14H2,2-3H3,(H,29,32). The number of rotatable bonds is 7. The number of anilines is 1. The third kappa shape index (κ3) is 4.50. The van der Waals surface area contributed by atoms with Crippen molar-refractivity contribution in [3.63, 3.8) is 0 Å². The Morgan fingerprint density at radius 1 is 1.38 bits per heavy atom. The van der Waals surface area contributed by atoms with Crippen molar-refractivity contribution in [1.29, 1.82) is 5.26 Å². The minimum absolute atomic E-state index is 0.0362. The molecule has 1 N–H and O–H groups in total. The van der Waals surface area contributed by atoms with Crippen molar-refractivity contribution < 1.29 is 4.79 Å². The first-order valence-corrected chi connectivity index (χ1v) is 12.6. The zero-order valence-electron chi connectivity index (χ0n) is 19.2. The van der Waals surface area contributed by atoms with Crippen LogP contribution in [0.4, 0.5) is 5.82 Å². The summed E-state index contributed by atoms with van der Waals surface area (Å²) in [6, 6.07) is 7.49. The van der Waals surface area contributed by atoms with E-state index in [1.54, 1.807) is 24.3 Å². The molecular weight excluding hydrogens is 470 g/mol. The van der Waals surface area contributed by atoms with Gasteiger partial charge in [-0.25, -0.2) is 4.98 Å². The molecule has 0 saturated heterocycles. The second kappa shape index (κ2) is 10.1. The summed E-state index contributed by atoms with van der Waals surface area (Å²) in [6.07, 6.45) is 5.98. The van der Waals surface area contributed by atoms with Crippen molar-refractivity contribution in [1.82, 2.24) is 14.1 Å². The van der Waals surface area contributed by atoms with Gasteiger partial charge in [0.25, 0.3) is 5.56 Å². The predicted octanol–water partition coefficient (Wildman–Crippen LogP) is 5.37. The molecule has 1 amide bonds. The molecule has 1 saturated carbocycles. The molecule has 1 fully saturated rings. The highest BCUT2D eigenvalue weighted by molar-refractivity contribution is 7.99. The van der Waals surface area contributed by atoms with Gasteiger partial charge in [-0.1, -0.05) is 42.3 Å². The number of hydrogen-bond acceptors (Lipinski definition) is 5. The molecule has 4 rings (SSSR count). The maximum atomic E-state index is 13.0. The Morgan fingerprint density at radius 3 is 2.79 bits per heavy atom. The lowest BCUT2D eigenvalue weighted by Crippen LogP contribution is -2.24. The number of nitrogens with zero attached hydrogens (tertiary/aromatic N) is 4. The molecule has 1 aliphatic carbocycles. The lowest BCUT2D eigenvalue weighted by molar-refractivity contribution is -0.113. The van der Waals surface area contributed by atoms with Crippen molar-refractivity contribution >= 4 is 46.0 Å². The first-order valence-electron chi connectivity index (χ1n) is 11.2. The summed E-state index contributed by atoms with van der Waals surface area (Å²) in [5, 5.41) is 14.1. The molecule has 176 valence electrons. The Balaban J connectivity index is 1.61. The summed E-state index contributed by atoms with van der Waals surface area (Å²) in [5.74, 6) is 0.342. The van der Waals surface area contributed by atoms with Crippen LogP contribution < -0.4 is 10.9 Å². The molecule has 3 aromatic rings. The van der Waals surface area contributed by atoms with Gasteiger partial charge >= 0.3 is 0 Å². The largest absolute Gasteiger partial charge is 0.327 e. The predicted molar refractivity (Wildman–Crippen MR) is 137 cm³/mol. The number of benzene rings is 1. The Kier molecular flexibility index (Phi) is 7.15.